The average Bonchev–Trinajstić information content (AvgIpc) is 3.54. The van der Waals surface area contributed by atoms with E-state index >= 15 is 0 Å². The Morgan fingerprint density at radius 1 is 1.26 bits per heavy atom. The zero-order chi connectivity index (χ0) is 26.7. The Morgan fingerprint density at radius 3 is 2.66 bits per heavy atom. The van der Waals surface area contributed by atoms with Crippen molar-refractivity contribution in [2.45, 2.75) is 50.0 Å². The third kappa shape index (κ3) is 5.99. The number of hydrogen-bond donors (Lipinski definition) is 3. The Balaban J connectivity index is 1.18. The molecule has 1 aromatic carbocycles. The summed E-state index contributed by atoms with van der Waals surface area (Å²) in [5.41, 5.74) is 1.93. The van der Waals surface area contributed by atoms with Crippen LogP contribution in [0.3, 0.4) is 0 Å². The third-order valence-corrected chi connectivity index (χ3v) is 8.04. The van der Waals surface area contributed by atoms with Crippen molar-refractivity contribution < 1.29 is 23.1 Å². The maximum Gasteiger partial charge on any atom is 0.253 e. The molecule has 1 aliphatic carbocycles. The minimum absolute atomic E-state index is 0.0263. The monoisotopic (exact) mass is 530 g/mol. The van der Waals surface area contributed by atoms with Crippen LogP contribution in [0.25, 0.3) is 0 Å². The van der Waals surface area contributed by atoms with E-state index in [1.54, 1.807) is 11.9 Å². The van der Waals surface area contributed by atoms with E-state index in [4.69, 9.17) is 4.74 Å². The van der Waals surface area contributed by atoms with Gasteiger partial charge in [-0.1, -0.05) is 6.07 Å². The molecule has 3 fully saturated rings. The number of allylic oxidation sites excluding steroid dienone is 1. The van der Waals surface area contributed by atoms with E-state index in [1.165, 1.54) is 6.21 Å². The molecule has 2 saturated heterocycles. The van der Waals surface area contributed by atoms with Crippen LogP contribution in [0, 0.1) is 5.92 Å². The summed E-state index contributed by atoms with van der Waals surface area (Å²) >= 11 is 0. The predicted molar refractivity (Wildman–Crippen MR) is 140 cm³/mol. The van der Waals surface area contributed by atoms with Gasteiger partial charge >= 0.3 is 0 Å². The number of nitrogens with one attached hydrogen (secondary N) is 3. The number of likely N-dealkylation sites (tertiary alicyclic amines) is 1. The highest BCUT2D eigenvalue weighted by atomic mass is 19.3. The Kier molecular flexibility index (Phi) is 7.94. The maximum atomic E-state index is 13.7. The topological polar surface area (TPSA) is 98.3 Å². The van der Waals surface area contributed by atoms with E-state index in [2.05, 4.69) is 31.9 Å². The molecule has 9 nitrogen and oxygen atoms in total. The Hall–Kier alpha value is -3.05. The van der Waals surface area contributed by atoms with Crippen LogP contribution >= 0.6 is 0 Å². The number of carbonyl (C=O) groups is 2. The smallest absolute Gasteiger partial charge is 0.253 e. The molecule has 1 unspecified atom stereocenters. The number of nitrogens with zero attached hydrogens (tertiary/aromatic N) is 3. The van der Waals surface area contributed by atoms with Crippen molar-refractivity contribution in [3.8, 4) is 5.75 Å². The molecule has 11 heteroatoms. The van der Waals surface area contributed by atoms with Crippen LogP contribution in [0.15, 0.2) is 34.8 Å². The number of alkyl halides is 2. The van der Waals surface area contributed by atoms with Gasteiger partial charge in [-0.05, 0) is 75.5 Å². The lowest BCUT2D eigenvalue weighted by Crippen LogP contribution is -2.51. The Bertz CT molecular complexity index is 1100. The molecule has 1 atom stereocenters. The maximum absolute atomic E-state index is 13.7. The van der Waals surface area contributed by atoms with Gasteiger partial charge in [0.15, 0.2) is 17.3 Å². The molecule has 0 bridgehead atoms. The fraction of sp³-hybridized carbons (Fsp3) is 0.593. The first kappa shape index (κ1) is 26.6. The summed E-state index contributed by atoms with van der Waals surface area (Å²) in [5, 5.41) is 9.13. The molecule has 3 aliphatic heterocycles. The molecule has 0 radical (unpaired) electrons. The first-order chi connectivity index (χ1) is 18.4. The van der Waals surface area contributed by atoms with Crippen molar-refractivity contribution in [2.24, 2.45) is 10.9 Å². The second-order valence-electron chi connectivity index (χ2n) is 10.6. The second kappa shape index (κ2) is 11.4. The third-order valence-electron chi connectivity index (χ3n) is 8.04. The van der Waals surface area contributed by atoms with Gasteiger partial charge in [0, 0.05) is 32.0 Å². The molecular formula is C27H36F2N6O3. The number of hydrogen-bond acceptors (Lipinski definition) is 7. The summed E-state index contributed by atoms with van der Waals surface area (Å²) in [6.07, 6.45) is 5.43. The van der Waals surface area contributed by atoms with Gasteiger partial charge < -0.3 is 25.6 Å². The highest BCUT2D eigenvalue weighted by molar-refractivity contribution is 5.82. The summed E-state index contributed by atoms with van der Waals surface area (Å²) in [6, 6.07) is 6.06. The molecule has 206 valence electrons. The van der Waals surface area contributed by atoms with E-state index in [-0.39, 0.29) is 31.5 Å². The molecule has 4 aliphatic rings. The first-order valence-corrected chi connectivity index (χ1v) is 13.4. The summed E-state index contributed by atoms with van der Waals surface area (Å²) in [7, 11) is 1.63. The molecule has 3 N–H and O–H groups in total. The van der Waals surface area contributed by atoms with Gasteiger partial charge in [0.2, 0.25) is 12.3 Å². The van der Waals surface area contributed by atoms with Crippen LogP contribution in [0.1, 0.15) is 43.6 Å². The van der Waals surface area contributed by atoms with Crippen LogP contribution in [0.4, 0.5) is 14.5 Å². The molecule has 3 heterocycles. The van der Waals surface area contributed by atoms with Gasteiger partial charge in [0.25, 0.3) is 5.92 Å². The lowest BCUT2D eigenvalue weighted by atomic mass is 9.89. The zero-order valence-corrected chi connectivity index (χ0v) is 21.7. The molecule has 5 rings (SSSR count). The zero-order valence-electron chi connectivity index (χ0n) is 21.7. The highest BCUT2D eigenvalue weighted by Crippen LogP contribution is 2.49. The number of carbonyl (C=O) groups excluding carboxylic acids is 2. The van der Waals surface area contributed by atoms with E-state index < -0.39 is 11.8 Å². The Morgan fingerprint density at radius 2 is 2.00 bits per heavy atom. The van der Waals surface area contributed by atoms with Crippen molar-refractivity contribution in [3.05, 3.63) is 35.3 Å². The highest BCUT2D eigenvalue weighted by Gasteiger charge is 2.57. The van der Waals surface area contributed by atoms with Crippen LogP contribution in [-0.4, -0.2) is 86.6 Å². The summed E-state index contributed by atoms with van der Waals surface area (Å²) in [6.45, 7) is 3.62. The molecule has 2 amide bonds. The van der Waals surface area contributed by atoms with Crippen LogP contribution in [-0.2, 0) is 9.59 Å². The SMILES string of the molecule is CN=CC1=C(NC=O)Nc2cc(C3CCN(CC(=O)N(CC4CC4(F)F)C4CCNCC4)CC3)ccc2O1. The number of benzene rings is 1. The molecular weight excluding hydrogens is 494 g/mol. The predicted octanol–water partition coefficient (Wildman–Crippen LogP) is 2.52. The van der Waals surface area contributed by atoms with Gasteiger partial charge in [-0.2, -0.15) is 0 Å². The largest absolute Gasteiger partial charge is 0.450 e. The number of aliphatic imine (C=N–C) groups is 1. The minimum atomic E-state index is -2.62. The van der Waals surface area contributed by atoms with Gasteiger partial charge in [0.05, 0.1) is 18.4 Å². The lowest BCUT2D eigenvalue weighted by molar-refractivity contribution is -0.136. The summed E-state index contributed by atoms with van der Waals surface area (Å²) in [5.74, 6) is -1.50. The number of amides is 2. The van der Waals surface area contributed by atoms with Crippen molar-refractivity contribution >= 4 is 24.2 Å². The fourth-order valence-corrected chi connectivity index (χ4v) is 5.71. The fourth-order valence-electron chi connectivity index (χ4n) is 5.71. The van der Waals surface area contributed by atoms with Crippen molar-refractivity contribution in [1.82, 2.24) is 20.4 Å². The summed E-state index contributed by atoms with van der Waals surface area (Å²) in [4.78, 5) is 32.2. The lowest BCUT2D eigenvalue weighted by Gasteiger charge is -2.38. The molecule has 0 spiro atoms. The van der Waals surface area contributed by atoms with Gasteiger partial charge in [-0.15, -0.1) is 0 Å². The number of rotatable bonds is 9. The van der Waals surface area contributed by atoms with E-state index in [0.29, 0.717) is 29.7 Å². The quantitative estimate of drug-likeness (QED) is 0.335. The first-order valence-electron chi connectivity index (χ1n) is 13.4. The number of ether oxygens (including phenoxy) is 1. The molecule has 1 aromatic rings. The van der Waals surface area contributed by atoms with Gasteiger partial charge in [-0.25, -0.2) is 8.78 Å². The average molecular weight is 531 g/mol. The van der Waals surface area contributed by atoms with E-state index in [9.17, 15) is 18.4 Å². The number of piperidine rings is 2. The van der Waals surface area contributed by atoms with Crippen molar-refractivity contribution in [1.29, 1.82) is 0 Å². The second-order valence-corrected chi connectivity index (χ2v) is 10.6. The molecule has 1 saturated carbocycles. The van der Waals surface area contributed by atoms with Crippen molar-refractivity contribution in [3.63, 3.8) is 0 Å². The van der Waals surface area contributed by atoms with Crippen LogP contribution in [0.5, 0.6) is 5.75 Å². The minimum Gasteiger partial charge on any atom is -0.450 e. The molecule has 0 aromatic heterocycles. The summed E-state index contributed by atoms with van der Waals surface area (Å²) < 4.78 is 33.2. The van der Waals surface area contributed by atoms with Crippen molar-refractivity contribution in [2.75, 3.05) is 51.6 Å². The number of halogens is 2. The van der Waals surface area contributed by atoms with Gasteiger partial charge in [0.1, 0.15) is 0 Å². The molecule has 38 heavy (non-hydrogen) atoms. The van der Waals surface area contributed by atoms with E-state index in [0.717, 1.165) is 63.1 Å². The van der Waals surface area contributed by atoms with Crippen LogP contribution in [0.2, 0.25) is 0 Å². The number of fused-ring (bicyclic) bond motifs is 1. The van der Waals surface area contributed by atoms with Gasteiger partial charge in [-0.3, -0.25) is 19.5 Å². The normalized spacial score (nSPS) is 23.9. The number of anilines is 1. The van der Waals surface area contributed by atoms with Crippen LogP contribution < -0.4 is 20.7 Å². The standard InChI is InChI=1S/C27H36F2N6O3/c1-30-14-24-26(32-17-36)33-22-12-19(2-3-23(22)38-24)18-6-10-34(11-7-18)16-25(37)35(15-20-13-27(20,28)29)21-4-8-31-9-5-21/h2-3,12,14,17-18,20-21,31,33H,4-11,13,15-16H2,1H3,(H,32,36). The van der Waals surface area contributed by atoms with E-state index in [1.807, 2.05) is 12.1 Å². The Labute approximate surface area is 221 Å².